The van der Waals surface area contributed by atoms with Crippen molar-refractivity contribution < 1.29 is 4.79 Å². The lowest BCUT2D eigenvalue weighted by Crippen LogP contribution is -1.92. The highest BCUT2D eigenvalue weighted by molar-refractivity contribution is 5.90. The molecule has 14 heavy (non-hydrogen) atoms. The van der Waals surface area contributed by atoms with Crippen molar-refractivity contribution in [3.8, 4) is 0 Å². The summed E-state index contributed by atoms with van der Waals surface area (Å²) in [4.78, 5) is 10.7. The molecule has 2 rings (SSSR count). The zero-order valence-corrected chi connectivity index (χ0v) is 8.53. The Balaban J connectivity index is 2.92. The van der Waals surface area contributed by atoms with Gasteiger partial charge in [-0.2, -0.15) is 5.10 Å². The average molecular weight is 188 g/mol. The van der Waals surface area contributed by atoms with E-state index in [-0.39, 0.29) is 0 Å². The summed E-state index contributed by atoms with van der Waals surface area (Å²) < 4.78 is 1.86. The summed E-state index contributed by atoms with van der Waals surface area (Å²) >= 11 is 0. The minimum Gasteiger partial charge on any atom is -0.298 e. The van der Waals surface area contributed by atoms with Gasteiger partial charge in [0.25, 0.3) is 0 Å². The molecule has 3 heteroatoms. The van der Waals surface area contributed by atoms with E-state index in [2.05, 4.69) is 5.10 Å². The molecule has 0 aliphatic heterocycles. The Bertz CT molecular complexity index is 511. The van der Waals surface area contributed by atoms with Crippen molar-refractivity contribution in [3.63, 3.8) is 0 Å². The molecule has 0 amide bonds. The number of nitrogens with zero attached hydrogens (tertiary/aromatic N) is 2. The van der Waals surface area contributed by atoms with E-state index in [1.54, 1.807) is 0 Å². The second-order valence-electron chi connectivity index (χ2n) is 3.56. The van der Waals surface area contributed by atoms with Crippen molar-refractivity contribution in [1.82, 2.24) is 9.78 Å². The number of benzene rings is 1. The van der Waals surface area contributed by atoms with E-state index in [0.717, 1.165) is 28.4 Å². The Morgan fingerprint density at radius 3 is 2.71 bits per heavy atom. The van der Waals surface area contributed by atoms with Crippen LogP contribution in [-0.2, 0) is 7.05 Å². The molecule has 0 spiro atoms. The van der Waals surface area contributed by atoms with Gasteiger partial charge in [-0.05, 0) is 31.5 Å². The number of hydrogen-bond donors (Lipinski definition) is 0. The number of hydrogen-bond acceptors (Lipinski definition) is 2. The van der Waals surface area contributed by atoms with E-state index in [0.29, 0.717) is 5.56 Å². The largest absolute Gasteiger partial charge is 0.298 e. The van der Waals surface area contributed by atoms with Crippen LogP contribution in [0.3, 0.4) is 0 Å². The van der Waals surface area contributed by atoms with Gasteiger partial charge in [0.05, 0.1) is 11.2 Å². The van der Waals surface area contributed by atoms with Crippen molar-refractivity contribution in [2.75, 3.05) is 0 Å². The van der Waals surface area contributed by atoms with Gasteiger partial charge in [0.15, 0.2) is 0 Å². The Hall–Kier alpha value is -1.64. The van der Waals surface area contributed by atoms with E-state index < -0.39 is 0 Å². The molecule has 72 valence electrons. The van der Waals surface area contributed by atoms with E-state index in [9.17, 15) is 4.79 Å². The maximum Gasteiger partial charge on any atom is 0.150 e. The fourth-order valence-electron chi connectivity index (χ4n) is 1.91. The molecule has 0 atom stereocenters. The molecular weight excluding hydrogens is 176 g/mol. The summed E-state index contributed by atoms with van der Waals surface area (Å²) in [6, 6.07) is 3.77. The molecule has 0 N–H and O–H groups in total. The van der Waals surface area contributed by atoms with Crippen LogP contribution in [0.25, 0.3) is 10.9 Å². The monoisotopic (exact) mass is 188 g/mol. The fourth-order valence-corrected chi connectivity index (χ4v) is 1.91. The standard InChI is InChI=1S/C11H12N2O/c1-7-4-9(6-14)5-10-8(2)12-13(3)11(7)10/h4-6H,1-3H3. The van der Waals surface area contributed by atoms with Crippen LogP contribution in [0, 0.1) is 13.8 Å². The van der Waals surface area contributed by atoms with Crippen molar-refractivity contribution in [3.05, 3.63) is 29.0 Å². The van der Waals surface area contributed by atoms with Crippen LogP contribution < -0.4 is 0 Å². The third kappa shape index (κ3) is 1.13. The van der Waals surface area contributed by atoms with Gasteiger partial charge >= 0.3 is 0 Å². The van der Waals surface area contributed by atoms with Gasteiger partial charge in [-0.15, -0.1) is 0 Å². The summed E-state index contributed by atoms with van der Waals surface area (Å²) in [6.45, 7) is 3.95. The van der Waals surface area contributed by atoms with Crippen molar-refractivity contribution in [2.45, 2.75) is 13.8 Å². The lowest BCUT2D eigenvalue weighted by molar-refractivity contribution is 0.112. The van der Waals surface area contributed by atoms with Crippen LogP contribution >= 0.6 is 0 Å². The molecule has 0 aliphatic carbocycles. The number of carbonyl (C=O) groups is 1. The lowest BCUT2D eigenvalue weighted by Gasteiger charge is -2.00. The molecule has 0 saturated carbocycles. The molecule has 0 radical (unpaired) electrons. The van der Waals surface area contributed by atoms with Gasteiger partial charge in [-0.25, -0.2) is 0 Å². The number of aryl methyl sites for hydroxylation is 3. The highest BCUT2D eigenvalue weighted by Crippen LogP contribution is 2.22. The van der Waals surface area contributed by atoms with Gasteiger partial charge in [-0.3, -0.25) is 9.48 Å². The second kappa shape index (κ2) is 2.94. The van der Waals surface area contributed by atoms with E-state index in [1.807, 2.05) is 37.7 Å². The smallest absolute Gasteiger partial charge is 0.150 e. The molecule has 0 unspecified atom stereocenters. The molecular formula is C11H12N2O. The number of aldehydes is 1. The second-order valence-corrected chi connectivity index (χ2v) is 3.56. The van der Waals surface area contributed by atoms with Crippen LogP contribution in [0.2, 0.25) is 0 Å². The molecule has 2 aromatic rings. The number of fused-ring (bicyclic) bond motifs is 1. The van der Waals surface area contributed by atoms with Crippen molar-refractivity contribution in [2.24, 2.45) is 7.05 Å². The number of aromatic nitrogens is 2. The first kappa shape index (κ1) is 8.94. The zero-order valence-electron chi connectivity index (χ0n) is 8.53. The van der Waals surface area contributed by atoms with E-state index in [4.69, 9.17) is 0 Å². The first-order chi connectivity index (χ1) is 6.63. The normalized spacial score (nSPS) is 10.8. The topological polar surface area (TPSA) is 34.9 Å². The van der Waals surface area contributed by atoms with Crippen LogP contribution in [0.15, 0.2) is 12.1 Å². The summed E-state index contributed by atoms with van der Waals surface area (Å²) in [6.07, 6.45) is 0.874. The summed E-state index contributed by atoms with van der Waals surface area (Å²) in [7, 11) is 1.92. The highest BCUT2D eigenvalue weighted by atomic mass is 16.1. The molecule has 0 fully saturated rings. The molecule has 1 aromatic heterocycles. The summed E-state index contributed by atoms with van der Waals surface area (Å²) in [5.74, 6) is 0. The molecule has 0 saturated heterocycles. The Morgan fingerprint density at radius 2 is 2.07 bits per heavy atom. The molecule has 0 bridgehead atoms. The van der Waals surface area contributed by atoms with Crippen molar-refractivity contribution >= 4 is 17.2 Å². The SMILES string of the molecule is Cc1nn(C)c2c(C)cc(C=O)cc12. The van der Waals surface area contributed by atoms with Gasteiger partial charge in [0.2, 0.25) is 0 Å². The van der Waals surface area contributed by atoms with E-state index in [1.165, 1.54) is 0 Å². The summed E-state index contributed by atoms with van der Waals surface area (Å²) in [5.41, 5.74) is 3.88. The molecule has 0 aliphatic rings. The fraction of sp³-hybridized carbons (Fsp3) is 0.273. The Labute approximate surface area is 82.3 Å². The first-order valence-electron chi connectivity index (χ1n) is 4.52. The van der Waals surface area contributed by atoms with Gasteiger partial charge < -0.3 is 0 Å². The molecule has 1 heterocycles. The molecule has 1 aromatic carbocycles. The lowest BCUT2D eigenvalue weighted by atomic mass is 10.1. The van der Waals surface area contributed by atoms with Gasteiger partial charge in [0, 0.05) is 18.0 Å². The highest BCUT2D eigenvalue weighted by Gasteiger charge is 2.08. The van der Waals surface area contributed by atoms with Crippen LogP contribution in [-0.4, -0.2) is 16.1 Å². The Morgan fingerprint density at radius 1 is 1.36 bits per heavy atom. The third-order valence-corrected chi connectivity index (χ3v) is 2.47. The number of carbonyl (C=O) groups excluding carboxylic acids is 1. The maximum absolute atomic E-state index is 10.7. The number of rotatable bonds is 1. The zero-order chi connectivity index (χ0) is 10.3. The van der Waals surface area contributed by atoms with E-state index >= 15 is 0 Å². The van der Waals surface area contributed by atoms with Crippen LogP contribution in [0.1, 0.15) is 21.6 Å². The van der Waals surface area contributed by atoms with Crippen LogP contribution in [0.5, 0.6) is 0 Å². The maximum atomic E-state index is 10.7. The predicted octanol–water partition coefficient (Wildman–Crippen LogP) is 2.00. The van der Waals surface area contributed by atoms with Gasteiger partial charge in [-0.1, -0.05) is 0 Å². The predicted molar refractivity (Wildman–Crippen MR) is 55.6 cm³/mol. The molecule has 3 nitrogen and oxygen atoms in total. The quantitative estimate of drug-likeness (QED) is 0.641. The van der Waals surface area contributed by atoms with Gasteiger partial charge in [0.1, 0.15) is 6.29 Å². The van der Waals surface area contributed by atoms with Crippen molar-refractivity contribution in [1.29, 1.82) is 0 Å². The Kier molecular flexibility index (Phi) is 1.88. The average Bonchev–Trinajstić information content (AvgIpc) is 2.42. The summed E-state index contributed by atoms with van der Waals surface area (Å²) in [5, 5.41) is 5.39. The minimum absolute atomic E-state index is 0.714. The third-order valence-electron chi connectivity index (χ3n) is 2.47. The van der Waals surface area contributed by atoms with Crippen LogP contribution in [0.4, 0.5) is 0 Å². The first-order valence-corrected chi connectivity index (χ1v) is 4.52. The minimum atomic E-state index is 0.714.